The summed E-state index contributed by atoms with van der Waals surface area (Å²) in [6, 6.07) is 13.4. The van der Waals surface area contributed by atoms with Gasteiger partial charge in [0.1, 0.15) is 12.4 Å². The van der Waals surface area contributed by atoms with Gasteiger partial charge in [0.2, 0.25) is 5.91 Å². The highest BCUT2D eigenvalue weighted by Crippen LogP contribution is 2.34. The summed E-state index contributed by atoms with van der Waals surface area (Å²) in [6.07, 6.45) is 1.70. The van der Waals surface area contributed by atoms with Gasteiger partial charge in [-0.2, -0.15) is 0 Å². The number of amides is 3. The summed E-state index contributed by atoms with van der Waals surface area (Å²) < 4.78 is 15.2. The van der Waals surface area contributed by atoms with Gasteiger partial charge in [-0.05, 0) is 98.6 Å². The second-order valence-electron chi connectivity index (χ2n) is 8.20. The van der Waals surface area contributed by atoms with E-state index >= 15 is 0 Å². The van der Waals surface area contributed by atoms with E-state index in [0.29, 0.717) is 5.69 Å². The van der Waals surface area contributed by atoms with Crippen molar-refractivity contribution in [1.29, 1.82) is 0 Å². The molecule has 1 saturated heterocycles. The van der Waals surface area contributed by atoms with Crippen LogP contribution in [-0.4, -0.2) is 33.1 Å². The molecule has 0 unspecified atom stereocenters. The SMILES string of the molecule is Cc1cccc(-n2c(C)cc(/C=C3\SC(=O)N(CC(=O)Nc4ccc(F)cc4)C3=O)c2C)c1C. The summed E-state index contributed by atoms with van der Waals surface area (Å²) in [4.78, 5) is 38.9. The Morgan fingerprint density at radius 1 is 1.06 bits per heavy atom. The molecule has 34 heavy (non-hydrogen) atoms. The van der Waals surface area contributed by atoms with Crippen molar-refractivity contribution in [2.24, 2.45) is 0 Å². The Kier molecular flexibility index (Phi) is 6.43. The highest BCUT2D eigenvalue weighted by Gasteiger charge is 2.36. The molecule has 0 bridgehead atoms. The Balaban J connectivity index is 1.55. The molecular formula is C26H24FN3O3S. The first-order chi connectivity index (χ1) is 16.2. The van der Waals surface area contributed by atoms with Gasteiger partial charge in [-0.3, -0.25) is 19.3 Å². The maximum atomic E-state index is 13.0. The standard InChI is InChI=1S/C26H24FN3O3S/c1-15-6-5-7-22(17(15)3)30-16(2)12-19(18(30)4)13-23-25(32)29(26(33)34-23)14-24(31)28-21-10-8-20(27)9-11-21/h5-13H,14H2,1-4H3,(H,28,31)/b23-13-. The van der Waals surface area contributed by atoms with Gasteiger partial charge >= 0.3 is 0 Å². The quantitative estimate of drug-likeness (QED) is 0.491. The van der Waals surface area contributed by atoms with Gasteiger partial charge < -0.3 is 9.88 Å². The van der Waals surface area contributed by atoms with Crippen LogP contribution in [0.1, 0.15) is 28.1 Å². The Labute approximate surface area is 201 Å². The van der Waals surface area contributed by atoms with Crippen LogP contribution in [-0.2, 0) is 9.59 Å². The van der Waals surface area contributed by atoms with E-state index in [1.165, 1.54) is 35.4 Å². The molecule has 4 rings (SSSR count). The zero-order chi connectivity index (χ0) is 24.6. The highest BCUT2D eigenvalue weighted by atomic mass is 32.2. The first-order valence-electron chi connectivity index (χ1n) is 10.7. The van der Waals surface area contributed by atoms with E-state index in [4.69, 9.17) is 0 Å². The maximum Gasteiger partial charge on any atom is 0.294 e. The van der Waals surface area contributed by atoms with Crippen LogP contribution in [0.25, 0.3) is 11.8 Å². The molecule has 0 saturated carbocycles. The second kappa shape index (κ2) is 9.30. The van der Waals surface area contributed by atoms with Gasteiger partial charge in [-0.25, -0.2) is 4.39 Å². The monoisotopic (exact) mass is 477 g/mol. The molecule has 1 N–H and O–H groups in total. The zero-order valence-electron chi connectivity index (χ0n) is 19.3. The van der Waals surface area contributed by atoms with Crippen LogP contribution in [0.15, 0.2) is 53.4 Å². The fourth-order valence-corrected chi connectivity index (χ4v) is 4.77. The van der Waals surface area contributed by atoms with E-state index in [2.05, 4.69) is 35.9 Å². The summed E-state index contributed by atoms with van der Waals surface area (Å²) in [5.41, 5.74) is 6.60. The highest BCUT2D eigenvalue weighted by molar-refractivity contribution is 8.18. The van der Waals surface area contributed by atoms with Crippen LogP contribution in [0.3, 0.4) is 0 Å². The number of imide groups is 1. The van der Waals surface area contributed by atoms with Gasteiger partial charge in [0.05, 0.1) is 4.91 Å². The van der Waals surface area contributed by atoms with E-state index in [1.54, 1.807) is 6.08 Å². The number of nitrogens with zero attached hydrogens (tertiary/aromatic N) is 2. The fourth-order valence-electron chi connectivity index (χ4n) is 3.94. The molecule has 1 aromatic heterocycles. The number of anilines is 1. The minimum atomic E-state index is -0.539. The lowest BCUT2D eigenvalue weighted by Gasteiger charge is -2.14. The van der Waals surface area contributed by atoms with Crippen molar-refractivity contribution in [3.8, 4) is 5.69 Å². The number of nitrogens with one attached hydrogen (secondary N) is 1. The summed E-state index contributed by atoms with van der Waals surface area (Å²) in [5, 5.41) is 2.06. The second-order valence-corrected chi connectivity index (χ2v) is 9.20. The lowest BCUT2D eigenvalue weighted by Crippen LogP contribution is -2.36. The van der Waals surface area contributed by atoms with Crippen molar-refractivity contribution < 1.29 is 18.8 Å². The van der Waals surface area contributed by atoms with Crippen LogP contribution >= 0.6 is 11.8 Å². The zero-order valence-corrected chi connectivity index (χ0v) is 20.1. The first-order valence-corrected chi connectivity index (χ1v) is 11.5. The number of aryl methyl sites for hydroxylation is 2. The minimum absolute atomic E-state index is 0.265. The van der Waals surface area contributed by atoms with E-state index in [9.17, 15) is 18.8 Å². The van der Waals surface area contributed by atoms with Crippen LogP contribution in [0, 0.1) is 33.5 Å². The molecule has 1 fully saturated rings. The normalized spacial score (nSPS) is 14.9. The molecule has 2 heterocycles. The molecular weight excluding hydrogens is 453 g/mol. The van der Waals surface area contributed by atoms with Crippen LogP contribution in [0.4, 0.5) is 14.9 Å². The topological polar surface area (TPSA) is 71.4 Å². The molecule has 1 aliphatic heterocycles. The number of rotatable bonds is 5. The van der Waals surface area contributed by atoms with Crippen molar-refractivity contribution in [1.82, 2.24) is 9.47 Å². The Morgan fingerprint density at radius 3 is 2.47 bits per heavy atom. The predicted octanol–water partition coefficient (Wildman–Crippen LogP) is 5.53. The molecule has 3 aromatic rings. The number of hydrogen-bond acceptors (Lipinski definition) is 4. The molecule has 1 aliphatic rings. The number of hydrogen-bond donors (Lipinski definition) is 1. The molecule has 0 radical (unpaired) electrons. The fraction of sp³-hybridized carbons (Fsp3) is 0.192. The molecule has 3 amide bonds. The number of carbonyl (C=O) groups is 3. The molecule has 6 nitrogen and oxygen atoms in total. The Hall–Kier alpha value is -3.65. The summed E-state index contributed by atoms with van der Waals surface area (Å²) in [6.45, 7) is 7.70. The van der Waals surface area contributed by atoms with E-state index in [0.717, 1.165) is 39.3 Å². The molecule has 174 valence electrons. The van der Waals surface area contributed by atoms with Crippen molar-refractivity contribution in [3.05, 3.63) is 87.3 Å². The average Bonchev–Trinajstić information content (AvgIpc) is 3.21. The lowest BCUT2D eigenvalue weighted by atomic mass is 10.1. The number of carbonyl (C=O) groups excluding carboxylic acids is 3. The Morgan fingerprint density at radius 2 is 1.76 bits per heavy atom. The molecule has 0 spiro atoms. The molecule has 0 atom stereocenters. The van der Waals surface area contributed by atoms with Crippen molar-refractivity contribution in [2.45, 2.75) is 27.7 Å². The number of benzene rings is 2. The lowest BCUT2D eigenvalue weighted by molar-refractivity contribution is -0.127. The van der Waals surface area contributed by atoms with Gasteiger partial charge in [0, 0.05) is 22.8 Å². The third-order valence-corrected chi connectivity index (χ3v) is 6.78. The predicted molar refractivity (Wildman–Crippen MR) is 132 cm³/mol. The smallest absolute Gasteiger partial charge is 0.294 e. The van der Waals surface area contributed by atoms with Gasteiger partial charge in [0.25, 0.3) is 11.1 Å². The molecule has 8 heteroatoms. The van der Waals surface area contributed by atoms with E-state index < -0.39 is 29.4 Å². The van der Waals surface area contributed by atoms with Crippen molar-refractivity contribution in [3.63, 3.8) is 0 Å². The van der Waals surface area contributed by atoms with Crippen molar-refractivity contribution >= 4 is 40.6 Å². The number of thioether (sulfide) groups is 1. The minimum Gasteiger partial charge on any atom is -0.325 e. The third-order valence-electron chi connectivity index (χ3n) is 5.88. The molecule has 0 aliphatic carbocycles. The summed E-state index contributed by atoms with van der Waals surface area (Å²) in [7, 11) is 0. The van der Waals surface area contributed by atoms with E-state index in [-0.39, 0.29) is 4.91 Å². The van der Waals surface area contributed by atoms with Gasteiger partial charge in [-0.15, -0.1) is 0 Å². The Bertz CT molecular complexity index is 1340. The van der Waals surface area contributed by atoms with Crippen LogP contribution < -0.4 is 5.32 Å². The van der Waals surface area contributed by atoms with Crippen molar-refractivity contribution in [2.75, 3.05) is 11.9 Å². The number of halogens is 1. The van der Waals surface area contributed by atoms with Crippen LogP contribution in [0.2, 0.25) is 0 Å². The molecule has 2 aromatic carbocycles. The maximum absolute atomic E-state index is 13.0. The van der Waals surface area contributed by atoms with E-state index in [1.807, 2.05) is 26.0 Å². The van der Waals surface area contributed by atoms with Gasteiger partial charge in [0.15, 0.2) is 0 Å². The first kappa shape index (κ1) is 23.5. The summed E-state index contributed by atoms with van der Waals surface area (Å²) in [5.74, 6) is -1.48. The van der Waals surface area contributed by atoms with Crippen LogP contribution in [0.5, 0.6) is 0 Å². The number of aromatic nitrogens is 1. The third kappa shape index (κ3) is 4.54. The van der Waals surface area contributed by atoms with Gasteiger partial charge in [-0.1, -0.05) is 12.1 Å². The average molecular weight is 478 g/mol. The summed E-state index contributed by atoms with van der Waals surface area (Å²) >= 11 is 0.812. The largest absolute Gasteiger partial charge is 0.325 e.